The van der Waals surface area contributed by atoms with Gasteiger partial charge in [0.05, 0.1) is 0 Å². The summed E-state index contributed by atoms with van der Waals surface area (Å²) < 4.78 is 5.58. The Bertz CT molecular complexity index is 307. The number of nitrogens with one attached hydrogen (secondary N) is 1. The zero-order chi connectivity index (χ0) is 10.9. The number of hydrogen-bond donors (Lipinski definition) is 1. The minimum Gasteiger partial charge on any atom is -0.492 e. The Morgan fingerprint density at radius 2 is 2.27 bits per heavy atom. The smallest absolute Gasteiger partial charge is 0.119 e. The molecule has 15 heavy (non-hydrogen) atoms. The molecule has 0 fully saturated rings. The van der Waals surface area contributed by atoms with Gasteiger partial charge in [-0.3, -0.25) is 0 Å². The number of aryl methyl sites for hydroxylation is 1. The third-order valence-corrected chi connectivity index (χ3v) is 2.03. The summed E-state index contributed by atoms with van der Waals surface area (Å²) in [5.41, 5.74) is 1.23. The SMILES string of the molecule is C/C=C/CNCCOc1cccc(C)c1. The summed E-state index contributed by atoms with van der Waals surface area (Å²) in [6.07, 6.45) is 4.13. The van der Waals surface area contributed by atoms with Crippen molar-refractivity contribution in [3.8, 4) is 5.75 Å². The molecule has 0 aromatic heterocycles. The van der Waals surface area contributed by atoms with Crippen LogP contribution < -0.4 is 10.1 Å². The number of hydrogen-bond acceptors (Lipinski definition) is 2. The average molecular weight is 205 g/mol. The molecule has 0 aliphatic carbocycles. The van der Waals surface area contributed by atoms with E-state index in [0.717, 1.165) is 18.8 Å². The summed E-state index contributed by atoms with van der Waals surface area (Å²) in [5, 5.41) is 3.26. The van der Waals surface area contributed by atoms with Crippen molar-refractivity contribution < 1.29 is 4.74 Å². The Hall–Kier alpha value is -1.28. The van der Waals surface area contributed by atoms with Gasteiger partial charge in [0, 0.05) is 13.1 Å². The standard InChI is InChI=1S/C13H19NO/c1-3-4-8-14-9-10-15-13-7-5-6-12(2)11-13/h3-7,11,14H,8-10H2,1-2H3/b4-3+. The average Bonchev–Trinajstić information content (AvgIpc) is 2.23. The highest BCUT2D eigenvalue weighted by Gasteiger charge is 1.92. The summed E-state index contributed by atoms with van der Waals surface area (Å²) in [7, 11) is 0. The van der Waals surface area contributed by atoms with Gasteiger partial charge in [0.15, 0.2) is 0 Å². The van der Waals surface area contributed by atoms with Gasteiger partial charge in [-0.15, -0.1) is 0 Å². The molecule has 0 bridgehead atoms. The van der Waals surface area contributed by atoms with Gasteiger partial charge in [-0.25, -0.2) is 0 Å². The van der Waals surface area contributed by atoms with E-state index in [1.165, 1.54) is 5.56 Å². The third kappa shape index (κ3) is 5.23. The van der Waals surface area contributed by atoms with Gasteiger partial charge in [0.25, 0.3) is 0 Å². The van der Waals surface area contributed by atoms with Crippen molar-refractivity contribution in [3.63, 3.8) is 0 Å². The topological polar surface area (TPSA) is 21.3 Å². The molecule has 0 atom stereocenters. The molecule has 0 unspecified atom stereocenters. The lowest BCUT2D eigenvalue weighted by atomic mass is 10.2. The van der Waals surface area contributed by atoms with E-state index >= 15 is 0 Å². The first kappa shape index (κ1) is 11.8. The van der Waals surface area contributed by atoms with Crippen LogP contribution in [0, 0.1) is 6.92 Å². The second kappa shape index (κ2) is 7.07. The van der Waals surface area contributed by atoms with Crippen molar-refractivity contribution in [2.75, 3.05) is 19.7 Å². The summed E-state index contributed by atoms with van der Waals surface area (Å²) >= 11 is 0. The second-order valence-corrected chi connectivity index (χ2v) is 3.44. The molecular weight excluding hydrogens is 186 g/mol. The molecule has 1 aromatic carbocycles. The molecule has 0 amide bonds. The molecule has 82 valence electrons. The highest BCUT2D eigenvalue weighted by Crippen LogP contribution is 2.11. The number of ether oxygens (including phenoxy) is 1. The van der Waals surface area contributed by atoms with Crippen LogP contribution in [0.15, 0.2) is 36.4 Å². The number of benzene rings is 1. The first-order valence-corrected chi connectivity index (χ1v) is 5.34. The lowest BCUT2D eigenvalue weighted by Gasteiger charge is -2.06. The van der Waals surface area contributed by atoms with Crippen LogP contribution in [-0.4, -0.2) is 19.7 Å². The van der Waals surface area contributed by atoms with Crippen LogP contribution in [0.4, 0.5) is 0 Å². The van der Waals surface area contributed by atoms with Crippen LogP contribution in [0.5, 0.6) is 5.75 Å². The lowest BCUT2D eigenvalue weighted by Crippen LogP contribution is -2.20. The fourth-order valence-corrected chi connectivity index (χ4v) is 1.25. The van der Waals surface area contributed by atoms with E-state index < -0.39 is 0 Å². The second-order valence-electron chi connectivity index (χ2n) is 3.44. The van der Waals surface area contributed by atoms with Gasteiger partial charge in [0.1, 0.15) is 12.4 Å². The van der Waals surface area contributed by atoms with E-state index in [1.54, 1.807) is 0 Å². The summed E-state index contributed by atoms with van der Waals surface area (Å²) in [6, 6.07) is 8.11. The molecule has 0 saturated heterocycles. The van der Waals surface area contributed by atoms with Crippen LogP contribution in [-0.2, 0) is 0 Å². The maximum Gasteiger partial charge on any atom is 0.119 e. The van der Waals surface area contributed by atoms with E-state index in [9.17, 15) is 0 Å². The van der Waals surface area contributed by atoms with Crippen LogP contribution in [0.25, 0.3) is 0 Å². The first-order valence-electron chi connectivity index (χ1n) is 5.34. The molecule has 0 spiro atoms. The third-order valence-electron chi connectivity index (χ3n) is 2.03. The Labute approximate surface area is 92.0 Å². The molecule has 0 aliphatic heterocycles. The predicted molar refractivity (Wildman–Crippen MR) is 64.4 cm³/mol. The zero-order valence-corrected chi connectivity index (χ0v) is 9.49. The highest BCUT2D eigenvalue weighted by molar-refractivity contribution is 5.27. The molecule has 2 heteroatoms. The largest absolute Gasteiger partial charge is 0.492 e. The summed E-state index contributed by atoms with van der Waals surface area (Å²) in [5.74, 6) is 0.947. The molecule has 2 nitrogen and oxygen atoms in total. The van der Waals surface area contributed by atoms with Crippen molar-refractivity contribution in [2.24, 2.45) is 0 Å². The molecule has 0 heterocycles. The van der Waals surface area contributed by atoms with E-state index in [4.69, 9.17) is 4.74 Å². The molecule has 0 radical (unpaired) electrons. The molecule has 0 aliphatic rings. The van der Waals surface area contributed by atoms with Gasteiger partial charge in [-0.1, -0.05) is 24.3 Å². The van der Waals surface area contributed by atoms with Crippen molar-refractivity contribution in [3.05, 3.63) is 42.0 Å². The summed E-state index contributed by atoms with van der Waals surface area (Å²) in [6.45, 7) is 6.58. The minimum atomic E-state index is 0.709. The van der Waals surface area contributed by atoms with Gasteiger partial charge in [0.2, 0.25) is 0 Å². The van der Waals surface area contributed by atoms with Crippen molar-refractivity contribution >= 4 is 0 Å². The molecule has 1 aromatic rings. The number of allylic oxidation sites excluding steroid dienone is 1. The molecule has 1 N–H and O–H groups in total. The Balaban J connectivity index is 2.15. The molecule has 0 saturated carbocycles. The van der Waals surface area contributed by atoms with E-state index in [0.29, 0.717) is 6.61 Å². The minimum absolute atomic E-state index is 0.709. The maximum absolute atomic E-state index is 5.58. The molecule has 1 rings (SSSR count). The number of rotatable bonds is 6. The monoisotopic (exact) mass is 205 g/mol. The highest BCUT2D eigenvalue weighted by atomic mass is 16.5. The van der Waals surface area contributed by atoms with Gasteiger partial charge in [-0.2, -0.15) is 0 Å². The Morgan fingerprint density at radius 1 is 1.40 bits per heavy atom. The van der Waals surface area contributed by atoms with E-state index in [2.05, 4.69) is 24.4 Å². The fraction of sp³-hybridized carbons (Fsp3) is 0.385. The van der Waals surface area contributed by atoms with Gasteiger partial charge < -0.3 is 10.1 Å². The predicted octanol–water partition coefficient (Wildman–Crippen LogP) is 2.54. The van der Waals surface area contributed by atoms with E-state index in [1.807, 2.05) is 31.2 Å². The fourth-order valence-electron chi connectivity index (χ4n) is 1.25. The van der Waals surface area contributed by atoms with Crippen molar-refractivity contribution in [1.82, 2.24) is 5.32 Å². The van der Waals surface area contributed by atoms with Gasteiger partial charge in [-0.05, 0) is 31.5 Å². The van der Waals surface area contributed by atoms with Crippen LogP contribution in [0.3, 0.4) is 0 Å². The normalized spacial score (nSPS) is 10.8. The molecular formula is C13H19NO. The Kier molecular flexibility index (Phi) is 5.56. The first-order chi connectivity index (χ1) is 7.33. The van der Waals surface area contributed by atoms with Gasteiger partial charge >= 0.3 is 0 Å². The van der Waals surface area contributed by atoms with Crippen LogP contribution >= 0.6 is 0 Å². The van der Waals surface area contributed by atoms with Crippen molar-refractivity contribution in [1.29, 1.82) is 0 Å². The zero-order valence-electron chi connectivity index (χ0n) is 9.49. The van der Waals surface area contributed by atoms with Crippen LogP contribution in [0.2, 0.25) is 0 Å². The Morgan fingerprint density at radius 3 is 3.00 bits per heavy atom. The lowest BCUT2D eigenvalue weighted by molar-refractivity contribution is 0.316. The van der Waals surface area contributed by atoms with Crippen LogP contribution in [0.1, 0.15) is 12.5 Å². The maximum atomic E-state index is 5.58. The van der Waals surface area contributed by atoms with E-state index in [-0.39, 0.29) is 0 Å². The summed E-state index contributed by atoms with van der Waals surface area (Å²) in [4.78, 5) is 0. The van der Waals surface area contributed by atoms with Crippen molar-refractivity contribution in [2.45, 2.75) is 13.8 Å². The quantitative estimate of drug-likeness (QED) is 0.569.